The van der Waals surface area contributed by atoms with E-state index in [1.807, 2.05) is 0 Å². The number of hydrogen-bond acceptors (Lipinski definition) is 2. The average Bonchev–Trinajstić information content (AvgIpc) is 2.34. The first-order valence-electron chi connectivity index (χ1n) is 7.91. The van der Waals surface area contributed by atoms with Gasteiger partial charge < -0.3 is 5.11 Å². The maximum atomic E-state index is 11.8. The van der Waals surface area contributed by atoms with Crippen molar-refractivity contribution in [2.45, 2.75) is 90.1 Å². The van der Waals surface area contributed by atoms with Crippen molar-refractivity contribution in [2.24, 2.45) is 5.92 Å². The second kappa shape index (κ2) is 9.55. The van der Waals surface area contributed by atoms with E-state index < -0.39 is 6.10 Å². The summed E-state index contributed by atoms with van der Waals surface area (Å²) in [6, 6.07) is 0. The van der Waals surface area contributed by atoms with E-state index in [4.69, 9.17) is 0 Å². The molecule has 1 rings (SSSR count). The van der Waals surface area contributed by atoms with Crippen LogP contribution in [0.2, 0.25) is 0 Å². The molecule has 1 saturated carbocycles. The van der Waals surface area contributed by atoms with Crippen molar-refractivity contribution in [3.05, 3.63) is 0 Å². The molecule has 2 nitrogen and oxygen atoms in total. The van der Waals surface area contributed by atoms with E-state index in [2.05, 4.69) is 6.92 Å². The summed E-state index contributed by atoms with van der Waals surface area (Å²) in [4.78, 5) is 11.8. The summed E-state index contributed by atoms with van der Waals surface area (Å²) in [5.74, 6) is 0.509. The van der Waals surface area contributed by atoms with Gasteiger partial charge in [0, 0.05) is 6.42 Å². The van der Waals surface area contributed by atoms with Crippen LogP contribution in [0.5, 0.6) is 0 Å². The molecule has 0 bridgehead atoms. The summed E-state index contributed by atoms with van der Waals surface area (Å²) in [7, 11) is 0. The molecular weight excluding hydrogens is 224 g/mol. The molecule has 1 fully saturated rings. The summed E-state index contributed by atoms with van der Waals surface area (Å²) in [6.45, 7) is 2.14. The predicted molar refractivity (Wildman–Crippen MR) is 75.6 cm³/mol. The Hall–Kier alpha value is -0.370. The zero-order valence-electron chi connectivity index (χ0n) is 12.0. The summed E-state index contributed by atoms with van der Waals surface area (Å²) in [6.07, 6.45) is 13.1. The highest BCUT2D eigenvalue weighted by Gasteiger charge is 2.17. The van der Waals surface area contributed by atoms with Crippen LogP contribution in [0.25, 0.3) is 0 Å². The molecule has 2 unspecified atom stereocenters. The van der Waals surface area contributed by atoms with E-state index in [-0.39, 0.29) is 5.78 Å². The Morgan fingerprint density at radius 2 is 1.28 bits per heavy atom. The largest absolute Gasteiger partial charge is 0.385 e. The van der Waals surface area contributed by atoms with E-state index in [1.54, 1.807) is 0 Å². The van der Waals surface area contributed by atoms with Gasteiger partial charge in [-0.15, -0.1) is 0 Å². The second-order valence-electron chi connectivity index (χ2n) is 6.05. The van der Waals surface area contributed by atoms with Gasteiger partial charge in [-0.2, -0.15) is 0 Å². The molecular formula is C16H30O2. The summed E-state index contributed by atoms with van der Waals surface area (Å²) in [5.41, 5.74) is 0. The van der Waals surface area contributed by atoms with Gasteiger partial charge in [0.15, 0.2) is 5.78 Å². The fourth-order valence-corrected chi connectivity index (χ4v) is 2.81. The molecule has 0 spiro atoms. The monoisotopic (exact) mass is 254 g/mol. The Balaban J connectivity index is 2.34. The van der Waals surface area contributed by atoms with E-state index in [1.165, 1.54) is 51.4 Å². The molecule has 0 heterocycles. The minimum atomic E-state index is -0.697. The first-order chi connectivity index (χ1) is 8.70. The van der Waals surface area contributed by atoms with Crippen molar-refractivity contribution in [1.82, 2.24) is 0 Å². The molecule has 2 atom stereocenters. The summed E-state index contributed by atoms with van der Waals surface area (Å²) >= 11 is 0. The molecule has 0 amide bonds. The lowest BCUT2D eigenvalue weighted by Crippen LogP contribution is -2.22. The number of Topliss-reactive ketones (excluding diaryl/α,β-unsaturated/α-hetero) is 1. The van der Waals surface area contributed by atoms with E-state index in [0.717, 1.165) is 12.8 Å². The van der Waals surface area contributed by atoms with Crippen molar-refractivity contribution in [2.75, 3.05) is 0 Å². The third-order valence-electron chi connectivity index (χ3n) is 4.10. The van der Waals surface area contributed by atoms with E-state index in [9.17, 15) is 9.90 Å². The molecule has 1 N–H and O–H groups in total. The molecule has 0 radical (unpaired) electrons. The van der Waals surface area contributed by atoms with Crippen LogP contribution in [0.1, 0.15) is 84.0 Å². The molecule has 106 valence electrons. The molecule has 0 saturated heterocycles. The first kappa shape index (κ1) is 15.7. The van der Waals surface area contributed by atoms with Crippen molar-refractivity contribution >= 4 is 5.78 Å². The predicted octanol–water partition coefficient (Wildman–Crippen LogP) is 4.25. The molecule has 0 aliphatic heterocycles. The molecule has 0 aromatic heterocycles. The van der Waals surface area contributed by atoms with Gasteiger partial charge in [-0.3, -0.25) is 4.79 Å². The number of carbonyl (C=O) groups excluding carboxylic acids is 1. The van der Waals surface area contributed by atoms with Gasteiger partial charge in [0.1, 0.15) is 6.10 Å². The fraction of sp³-hybridized carbons (Fsp3) is 0.938. The van der Waals surface area contributed by atoms with Gasteiger partial charge in [-0.25, -0.2) is 0 Å². The van der Waals surface area contributed by atoms with Crippen molar-refractivity contribution in [3.8, 4) is 0 Å². The SMILES string of the molecule is CC1CCCCCCCCCCCC(O)C(=O)C1. The van der Waals surface area contributed by atoms with Crippen molar-refractivity contribution in [3.63, 3.8) is 0 Å². The van der Waals surface area contributed by atoms with Gasteiger partial charge in [0.25, 0.3) is 0 Å². The highest BCUT2D eigenvalue weighted by atomic mass is 16.3. The normalized spacial score (nSPS) is 30.4. The standard InChI is InChI=1S/C16H30O2/c1-14-11-9-7-5-3-2-4-6-8-10-12-15(17)16(18)13-14/h14-15,17H,2-13H2,1H3. The number of aliphatic hydroxyl groups excluding tert-OH is 1. The van der Waals surface area contributed by atoms with Crippen LogP contribution < -0.4 is 0 Å². The second-order valence-corrected chi connectivity index (χ2v) is 6.05. The van der Waals surface area contributed by atoms with Crippen LogP contribution in [0.4, 0.5) is 0 Å². The van der Waals surface area contributed by atoms with Crippen LogP contribution in [0.15, 0.2) is 0 Å². The lowest BCUT2D eigenvalue weighted by molar-refractivity contribution is -0.128. The Labute approximate surface area is 112 Å². The van der Waals surface area contributed by atoms with Gasteiger partial charge in [-0.1, -0.05) is 71.1 Å². The Morgan fingerprint density at radius 1 is 0.833 bits per heavy atom. The van der Waals surface area contributed by atoms with Crippen LogP contribution in [0.3, 0.4) is 0 Å². The number of carbonyl (C=O) groups is 1. The van der Waals surface area contributed by atoms with Crippen LogP contribution >= 0.6 is 0 Å². The Morgan fingerprint density at radius 3 is 1.83 bits per heavy atom. The van der Waals surface area contributed by atoms with E-state index >= 15 is 0 Å². The number of aliphatic hydroxyl groups is 1. The average molecular weight is 254 g/mol. The topological polar surface area (TPSA) is 37.3 Å². The summed E-state index contributed by atoms with van der Waals surface area (Å²) in [5, 5.41) is 9.81. The number of hydrogen-bond donors (Lipinski definition) is 1. The van der Waals surface area contributed by atoms with Crippen LogP contribution in [-0.4, -0.2) is 17.0 Å². The zero-order valence-corrected chi connectivity index (χ0v) is 12.0. The number of ketones is 1. The van der Waals surface area contributed by atoms with Crippen LogP contribution in [-0.2, 0) is 4.79 Å². The quantitative estimate of drug-likeness (QED) is 0.701. The maximum Gasteiger partial charge on any atom is 0.161 e. The number of rotatable bonds is 0. The molecule has 0 aromatic carbocycles. The lowest BCUT2D eigenvalue weighted by Gasteiger charge is -2.13. The van der Waals surface area contributed by atoms with Gasteiger partial charge >= 0.3 is 0 Å². The highest BCUT2D eigenvalue weighted by molar-refractivity contribution is 5.82. The van der Waals surface area contributed by atoms with Crippen molar-refractivity contribution in [1.29, 1.82) is 0 Å². The zero-order chi connectivity index (χ0) is 13.2. The third kappa shape index (κ3) is 7.15. The lowest BCUT2D eigenvalue weighted by atomic mass is 9.94. The molecule has 2 heteroatoms. The Bertz CT molecular complexity index is 225. The van der Waals surface area contributed by atoms with Gasteiger partial charge in [0.05, 0.1) is 0 Å². The molecule has 18 heavy (non-hydrogen) atoms. The molecule has 1 aliphatic rings. The van der Waals surface area contributed by atoms with E-state index in [0.29, 0.717) is 18.8 Å². The van der Waals surface area contributed by atoms with Crippen LogP contribution in [0, 0.1) is 5.92 Å². The van der Waals surface area contributed by atoms with Crippen molar-refractivity contribution < 1.29 is 9.90 Å². The fourth-order valence-electron chi connectivity index (χ4n) is 2.81. The third-order valence-corrected chi connectivity index (χ3v) is 4.10. The minimum absolute atomic E-state index is 0.0670. The first-order valence-corrected chi connectivity index (χ1v) is 7.91. The molecule has 0 aromatic rings. The van der Waals surface area contributed by atoms with Gasteiger partial charge in [-0.05, 0) is 12.3 Å². The van der Waals surface area contributed by atoms with Gasteiger partial charge in [0.2, 0.25) is 0 Å². The maximum absolute atomic E-state index is 11.8. The minimum Gasteiger partial charge on any atom is -0.385 e. The smallest absolute Gasteiger partial charge is 0.161 e. The summed E-state index contributed by atoms with van der Waals surface area (Å²) < 4.78 is 0. The molecule has 1 aliphatic carbocycles. The Kier molecular flexibility index (Phi) is 8.32. The highest BCUT2D eigenvalue weighted by Crippen LogP contribution is 2.18.